The van der Waals surface area contributed by atoms with Crippen LogP contribution in [0.3, 0.4) is 0 Å². The van der Waals surface area contributed by atoms with Gasteiger partial charge in [0, 0.05) is 24.5 Å². The van der Waals surface area contributed by atoms with Crippen molar-refractivity contribution in [2.24, 2.45) is 0 Å². The number of aromatic nitrogens is 2. The first kappa shape index (κ1) is 17.4. The van der Waals surface area contributed by atoms with E-state index in [0.29, 0.717) is 18.2 Å². The minimum Gasteiger partial charge on any atom is -0.351 e. The molecule has 1 aliphatic heterocycles. The van der Waals surface area contributed by atoms with Crippen LogP contribution in [0.2, 0.25) is 0 Å². The van der Waals surface area contributed by atoms with E-state index in [1.807, 2.05) is 33.2 Å². The molecule has 3 rings (SSSR count). The number of hydrogen-bond donors (Lipinski definition) is 1. The van der Waals surface area contributed by atoms with Gasteiger partial charge < -0.3 is 15.1 Å². The minimum absolute atomic E-state index is 0.141. The van der Waals surface area contributed by atoms with E-state index in [0.717, 1.165) is 37.3 Å². The summed E-state index contributed by atoms with van der Waals surface area (Å²) in [5.74, 6) is 0.460. The molecule has 0 saturated heterocycles. The highest BCUT2D eigenvalue weighted by Gasteiger charge is 2.23. The van der Waals surface area contributed by atoms with E-state index in [2.05, 4.69) is 37.2 Å². The molecule has 25 heavy (non-hydrogen) atoms. The van der Waals surface area contributed by atoms with Crippen LogP contribution in [0, 0.1) is 6.92 Å². The summed E-state index contributed by atoms with van der Waals surface area (Å²) < 4.78 is 0. The van der Waals surface area contributed by atoms with Crippen LogP contribution < -0.4 is 10.2 Å². The van der Waals surface area contributed by atoms with Gasteiger partial charge in [0.05, 0.1) is 0 Å². The monoisotopic (exact) mass is 339 g/mol. The lowest BCUT2D eigenvalue weighted by molar-refractivity contribution is 0.0947. The minimum atomic E-state index is -0.141. The largest absolute Gasteiger partial charge is 0.351 e. The number of amides is 1. The quantitative estimate of drug-likeness (QED) is 0.817. The molecule has 0 fully saturated rings. The molecular weight excluding hydrogens is 314 g/mol. The van der Waals surface area contributed by atoms with Gasteiger partial charge in [-0.15, -0.1) is 0 Å². The Labute approximate surface area is 148 Å². The molecule has 1 N–H and O–H groups in total. The number of nitrogens with one attached hydrogen (secondary N) is 1. The molecule has 1 aromatic carbocycles. The predicted molar refractivity (Wildman–Crippen MR) is 99.4 cm³/mol. The van der Waals surface area contributed by atoms with Gasteiger partial charge in [-0.2, -0.15) is 0 Å². The molecule has 0 radical (unpaired) electrons. The van der Waals surface area contributed by atoms with Gasteiger partial charge >= 0.3 is 0 Å². The van der Waals surface area contributed by atoms with Crippen LogP contribution >= 0.6 is 0 Å². The summed E-state index contributed by atoms with van der Waals surface area (Å²) in [5, 5.41) is 2.94. The Balaban J connectivity index is 1.74. The van der Waals surface area contributed by atoms with E-state index in [1.165, 1.54) is 5.56 Å². The predicted octanol–water partition coefficient (Wildman–Crippen LogP) is 2.16. The van der Waals surface area contributed by atoms with Crippen LogP contribution in [-0.4, -0.2) is 54.5 Å². The van der Waals surface area contributed by atoms with Crippen molar-refractivity contribution in [3.8, 4) is 0 Å². The molecule has 0 saturated carbocycles. The first-order valence-electron chi connectivity index (χ1n) is 8.68. The Morgan fingerprint density at radius 1 is 1.28 bits per heavy atom. The summed E-state index contributed by atoms with van der Waals surface area (Å²) in [5.41, 5.74) is 3.65. The maximum Gasteiger partial charge on any atom is 0.270 e. The summed E-state index contributed by atoms with van der Waals surface area (Å²) in [4.78, 5) is 25.7. The number of rotatable bonds is 6. The van der Waals surface area contributed by atoms with Gasteiger partial charge in [-0.1, -0.05) is 18.2 Å². The fourth-order valence-electron chi connectivity index (χ4n) is 3.02. The summed E-state index contributed by atoms with van der Waals surface area (Å²) >= 11 is 0. The number of aryl methyl sites for hydroxylation is 1. The second kappa shape index (κ2) is 7.61. The third-order valence-electron chi connectivity index (χ3n) is 4.27. The number of benzene rings is 1. The van der Waals surface area contributed by atoms with Gasteiger partial charge in [0.25, 0.3) is 5.91 Å². The van der Waals surface area contributed by atoms with Crippen LogP contribution in [-0.2, 0) is 6.42 Å². The van der Waals surface area contributed by atoms with Crippen LogP contribution in [0.4, 0.5) is 11.6 Å². The van der Waals surface area contributed by atoms with Gasteiger partial charge in [0.2, 0.25) is 5.95 Å². The van der Waals surface area contributed by atoms with E-state index in [-0.39, 0.29) is 5.91 Å². The SMILES string of the molecule is Cc1cc(C(=O)NCCCN(C)C)nc(N2CCc3ccccc32)n1. The topological polar surface area (TPSA) is 61.4 Å². The van der Waals surface area contributed by atoms with Crippen molar-refractivity contribution >= 4 is 17.5 Å². The number of carbonyl (C=O) groups excluding carboxylic acids is 1. The summed E-state index contributed by atoms with van der Waals surface area (Å²) in [7, 11) is 4.05. The number of para-hydroxylation sites is 1. The smallest absolute Gasteiger partial charge is 0.270 e. The van der Waals surface area contributed by atoms with Crippen LogP contribution in [0.1, 0.15) is 28.2 Å². The zero-order valence-electron chi connectivity index (χ0n) is 15.1. The fraction of sp³-hybridized carbons (Fsp3) is 0.421. The number of anilines is 2. The number of carbonyl (C=O) groups is 1. The Morgan fingerprint density at radius 3 is 2.88 bits per heavy atom. The zero-order valence-corrected chi connectivity index (χ0v) is 15.1. The molecule has 132 valence electrons. The highest BCUT2D eigenvalue weighted by Crippen LogP contribution is 2.32. The van der Waals surface area contributed by atoms with Gasteiger partial charge in [-0.3, -0.25) is 4.79 Å². The van der Waals surface area contributed by atoms with Crippen LogP contribution in [0.5, 0.6) is 0 Å². The normalized spacial score (nSPS) is 13.2. The Kier molecular flexibility index (Phi) is 5.28. The molecule has 0 bridgehead atoms. The molecule has 0 atom stereocenters. The van der Waals surface area contributed by atoms with Crippen LogP contribution in [0.25, 0.3) is 0 Å². The molecule has 1 aliphatic rings. The second-order valence-corrected chi connectivity index (χ2v) is 6.64. The van der Waals surface area contributed by atoms with Crippen molar-refractivity contribution in [2.45, 2.75) is 19.8 Å². The Morgan fingerprint density at radius 2 is 2.08 bits per heavy atom. The van der Waals surface area contributed by atoms with Crippen LogP contribution in [0.15, 0.2) is 30.3 Å². The van der Waals surface area contributed by atoms with Crippen molar-refractivity contribution < 1.29 is 4.79 Å². The lowest BCUT2D eigenvalue weighted by Crippen LogP contribution is -2.28. The molecule has 0 unspecified atom stereocenters. The zero-order chi connectivity index (χ0) is 17.8. The molecule has 2 aromatic rings. The lowest BCUT2D eigenvalue weighted by atomic mass is 10.2. The molecule has 0 aliphatic carbocycles. The lowest BCUT2D eigenvalue weighted by Gasteiger charge is -2.18. The van der Waals surface area contributed by atoms with Crippen molar-refractivity contribution in [3.05, 3.63) is 47.3 Å². The summed E-state index contributed by atoms with van der Waals surface area (Å²) in [6, 6.07) is 10.0. The molecule has 0 spiro atoms. The van der Waals surface area contributed by atoms with Crippen molar-refractivity contribution in [1.29, 1.82) is 0 Å². The van der Waals surface area contributed by atoms with Crippen molar-refractivity contribution in [3.63, 3.8) is 0 Å². The Bertz CT molecular complexity index is 759. The molecule has 2 heterocycles. The van der Waals surface area contributed by atoms with E-state index >= 15 is 0 Å². The average Bonchev–Trinajstić information content (AvgIpc) is 3.02. The second-order valence-electron chi connectivity index (χ2n) is 6.64. The van der Waals surface area contributed by atoms with Crippen molar-refractivity contribution in [2.75, 3.05) is 38.6 Å². The highest BCUT2D eigenvalue weighted by molar-refractivity contribution is 5.92. The van der Waals surface area contributed by atoms with E-state index < -0.39 is 0 Å². The molecular formula is C19H25N5O. The maximum absolute atomic E-state index is 12.4. The average molecular weight is 339 g/mol. The first-order chi connectivity index (χ1) is 12.0. The third kappa shape index (κ3) is 4.14. The van der Waals surface area contributed by atoms with Gasteiger partial charge in [-0.25, -0.2) is 9.97 Å². The maximum atomic E-state index is 12.4. The molecule has 1 aromatic heterocycles. The van der Waals surface area contributed by atoms with E-state index in [1.54, 1.807) is 6.07 Å². The van der Waals surface area contributed by atoms with Gasteiger partial charge in [-0.05, 0) is 58.1 Å². The van der Waals surface area contributed by atoms with Gasteiger partial charge in [0.1, 0.15) is 5.69 Å². The van der Waals surface area contributed by atoms with E-state index in [4.69, 9.17) is 0 Å². The van der Waals surface area contributed by atoms with Crippen molar-refractivity contribution in [1.82, 2.24) is 20.2 Å². The standard InChI is InChI=1S/C19H25N5O/c1-14-13-16(18(25)20-10-6-11-23(2)3)22-19(21-14)24-12-9-15-7-4-5-8-17(15)24/h4-5,7-8,13H,6,9-12H2,1-3H3,(H,20,25). The van der Waals surface area contributed by atoms with E-state index in [9.17, 15) is 4.79 Å². The Hall–Kier alpha value is -2.47. The first-order valence-corrected chi connectivity index (χ1v) is 8.68. The number of fused-ring (bicyclic) bond motifs is 1. The van der Waals surface area contributed by atoms with Gasteiger partial charge in [0.15, 0.2) is 0 Å². The fourth-order valence-corrected chi connectivity index (χ4v) is 3.02. The highest BCUT2D eigenvalue weighted by atomic mass is 16.1. The summed E-state index contributed by atoms with van der Waals surface area (Å²) in [6.07, 6.45) is 1.88. The molecule has 1 amide bonds. The molecule has 6 nitrogen and oxygen atoms in total. The molecule has 6 heteroatoms. The number of hydrogen-bond acceptors (Lipinski definition) is 5. The summed E-state index contributed by atoms with van der Waals surface area (Å²) in [6.45, 7) is 4.32. The number of nitrogens with zero attached hydrogens (tertiary/aromatic N) is 4. The third-order valence-corrected chi connectivity index (χ3v) is 4.27.